The maximum atomic E-state index is 13.0. The Hall–Kier alpha value is -2.11. The molecule has 2 heterocycles. The maximum Gasteiger partial charge on any atom is 0.494 e. The molecule has 0 atom stereocenters. The molecule has 4 nitrogen and oxygen atoms in total. The summed E-state index contributed by atoms with van der Waals surface area (Å²) in [5.74, 6) is 0.758. The molecule has 2 aromatic carbocycles. The first-order valence-electron chi connectivity index (χ1n) is 12.0. The van der Waals surface area contributed by atoms with Crippen molar-refractivity contribution in [2.24, 2.45) is 0 Å². The summed E-state index contributed by atoms with van der Waals surface area (Å²) in [4.78, 5) is 15.0. The number of hydrogen-bond acceptors (Lipinski definition) is 3. The van der Waals surface area contributed by atoms with Crippen LogP contribution < -0.4 is 5.46 Å². The van der Waals surface area contributed by atoms with Crippen LogP contribution in [0.15, 0.2) is 48.5 Å². The van der Waals surface area contributed by atoms with Crippen LogP contribution in [0.4, 0.5) is 0 Å². The van der Waals surface area contributed by atoms with Gasteiger partial charge in [-0.1, -0.05) is 55.5 Å². The van der Waals surface area contributed by atoms with E-state index in [0.29, 0.717) is 12.3 Å². The average molecular weight is 433 g/mol. The number of piperidine rings is 1. The molecule has 0 N–H and O–H groups in total. The normalized spacial score (nSPS) is 20.5. The highest BCUT2D eigenvalue weighted by Crippen LogP contribution is 2.36. The Morgan fingerprint density at radius 3 is 2.25 bits per heavy atom. The minimum Gasteiger partial charge on any atom is -0.399 e. The molecule has 32 heavy (non-hydrogen) atoms. The molecular weight excluding hydrogens is 397 g/mol. The van der Waals surface area contributed by atoms with Crippen molar-refractivity contribution in [2.45, 2.75) is 77.4 Å². The molecule has 2 aromatic rings. The van der Waals surface area contributed by atoms with Crippen LogP contribution in [0, 0.1) is 0 Å². The smallest absolute Gasteiger partial charge is 0.399 e. The molecule has 2 saturated heterocycles. The average Bonchev–Trinajstić information content (AvgIpc) is 3.01. The first-order chi connectivity index (χ1) is 15.2. The van der Waals surface area contributed by atoms with Crippen molar-refractivity contribution in [3.8, 4) is 0 Å². The van der Waals surface area contributed by atoms with E-state index in [1.165, 1.54) is 11.1 Å². The Labute approximate surface area is 193 Å². The van der Waals surface area contributed by atoms with Gasteiger partial charge in [0.15, 0.2) is 0 Å². The van der Waals surface area contributed by atoms with Gasteiger partial charge in [-0.3, -0.25) is 4.79 Å². The van der Waals surface area contributed by atoms with E-state index < -0.39 is 7.12 Å². The van der Waals surface area contributed by atoms with E-state index in [1.807, 2.05) is 23.1 Å². The highest BCUT2D eigenvalue weighted by molar-refractivity contribution is 6.62. The van der Waals surface area contributed by atoms with Gasteiger partial charge in [-0.25, -0.2) is 0 Å². The molecule has 1 amide bonds. The summed E-state index contributed by atoms with van der Waals surface area (Å²) in [5, 5.41) is 0. The fourth-order valence-corrected chi connectivity index (χ4v) is 4.64. The van der Waals surface area contributed by atoms with Crippen LogP contribution >= 0.6 is 0 Å². The van der Waals surface area contributed by atoms with Crippen molar-refractivity contribution < 1.29 is 14.1 Å². The predicted molar refractivity (Wildman–Crippen MR) is 130 cm³/mol. The molecule has 0 spiro atoms. The molecule has 2 aliphatic rings. The quantitative estimate of drug-likeness (QED) is 0.652. The summed E-state index contributed by atoms with van der Waals surface area (Å²) in [6.45, 7) is 12.1. The van der Waals surface area contributed by atoms with Crippen molar-refractivity contribution in [1.82, 2.24) is 4.90 Å². The number of carbonyl (C=O) groups excluding carboxylic acids is 1. The lowest BCUT2D eigenvalue weighted by molar-refractivity contribution is -0.131. The van der Waals surface area contributed by atoms with E-state index in [0.717, 1.165) is 43.4 Å². The van der Waals surface area contributed by atoms with Crippen molar-refractivity contribution in [3.05, 3.63) is 65.2 Å². The Kier molecular flexibility index (Phi) is 6.51. The van der Waals surface area contributed by atoms with Gasteiger partial charge in [-0.15, -0.1) is 0 Å². The largest absolute Gasteiger partial charge is 0.494 e. The maximum absolute atomic E-state index is 13.0. The van der Waals surface area contributed by atoms with Gasteiger partial charge in [-0.05, 0) is 75.0 Å². The zero-order chi connectivity index (χ0) is 22.9. The van der Waals surface area contributed by atoms with E-state index in [-0.39, 0.29) is 17.1 Å². The lowest BCUT2D eigenvalue weighted by atomic mass is 9.78. The number of rotatable bonds is 5. The Morgan fingerprint density at radius 1 is 0.969 bits per heavy atom. The third-order valence-corrected chi connectivity index (χ3v) is 7.51. The standard InChI is InChI=1S/C27H36BNO3/c1-6-20-9-7-11-23(17-20)22-13-15-29(16-14-22)25(30)19-21-10-8-12-24(18-21)28-31-26(2,3)27(4,5)32-28/h7-12,17-18,22H,6,13-16,19H2,1-5H3. The molecular formula is C27H36BNO3. The molecule has 0 unspecified atom stereocenters. The van der Waals surface area contributed by atoms with Gasteiger partial charge in [0.1, 0.15) is 0 Å². The van der Waals surface area contributed by atoms with Gasteiger partial charge in [0.2, 0.25) is 5.91 Å². The van der Waals surface area contributed by atoms with E-state index in [2.05, 4.69) is 65.0 Å². The molecule has 0 aromatic heterocycles. The first-order valence-corrected chi connectivity index (χ1v) is 12.0. The molecule has 2 fully saturated rings. The molecule has 4 rings (SSSR count). The summed E-state index contributed by atoms with van der Waals surface area (Å²) in [6.07, 6.45) is 3.55. The highest BCUT2D eigenvalue weighted by atomic mass is 16.7. The van der Waals surface area contributed by atoms with Crippen molar-refractivity contribution in [3.63, 3.8) is 0 Å². The SMILES string of the molecule is CCc1cccc(C2CCN(C(=O)Cc3cccc(B4OC(C)(C)C(C)(C)O4)c3)CC2)c1. The number of aryl methyl sites for hydroxylation is 1. The zero-order valence-electron chi connectivity index (χ0n) is 20.2. The second-order valence-corrected chi connectivity index (χ2v) is 10.3. The molecule has 2 aliphatic heterocycles. The fraction of sp³-hybridized carbons (Fsp3) is 0.519. The van der Waals surface area contributed by atoms with Crippen LogP contribution in [0.2, 0.25) is 0 Å². The molecule has 170 valence electrons. The second kappa shape index (κ2) is 9.03. The van der Waals surface area contributed by atoms with E-state index in [4.69, 9.17) is 9.31 Å². The summed E-state index contributed by atoms with van der Waals surface area (Å²) in [6, 6.07) is 17.0. The summed E-state index contributed by atoms with van der Waals surface area (Å²) < 4.78 is 12.4. The third-order valence-electron chi connectivity index (χ3n) is 7.51. The first kappa shape index (κ1) is 23.1. The lowest BCUT2D eigenvalue weighted by Gasteiger charge is -2.32. The van der Waals surface area contributed by atoms with Crippen molar-refractivity contribution >= 4 is 18.5 Å². The number of benzene rings is 2. The Bertz CT molecular complexity index is 947. The van der Waals surface area contributed by atoms with Gasteiger partial charge in [0, 0.05) is 13.1 Å². The van der Waals surface area contributed by atoms with Crippen LogP contribution in [0.5, 0.6) is 0 Å². The fourth-order valence-electron chi connectivity index (χ4n) is 4.64. The zero-order valence-corrected chi connectivity index (χ0v) is 20.2. The Morgan fingerprint density at radius 2 is 1.59 bits per heavy atom. The number of carbonyl (C=O) groups is 1. The minimum atomic E-state index is -0.398. The van der Waals surface area contributed by atoms with Gasteiger partial charge >= 0.3 is 7.12 Å². The number of hydrogen-bond donors (Lipinski definition) is 0. The van der Waals surface area contributed by atoms with Crippen LogP contribution in [0.3, 0.4) is 0 Å². The van der Waals surface area contributed by atoms with E-state index in [1.54, 1.807) is 0 Å². The molecule has 0 bridgehead atoms. The second-order valence-electron chi connectivity index (χ2n) is 10.3. The highest BCUT2D eigenvalue weighted by Gasteiger charge is 2.51. The third kappa shape index (κ3) is 4.79. The predicted octanol–water partition coefficient (Wildman–Crippen LogP) is 4.50. The van der Waals surface area contributed by atoms with Crippen molar-refractivity contribution in [2.75, 3.05) is 13.1 Å². The van der Waals surface area contributed by atoms with Gasteiger partial charge in [0.05, 0.1) is 17.6 Å². The van der Waals surface area contributed by atoms with Gasteiger partial charge < -0.3 is 14.2 Å². The number of nitrogens with zero attached hydrogens (tertiary/aromatic N) is 1. The van der Waals surface area contributed by atoms with Gasteiger partial charge in [0.25, 0.3) is 0 Å². The van der Waals surface area contributed by atoms with Crippen LogP contribution in [0.25, 0.3) is 0 Å². The van der Waals surface area contributed by atoms with Crippen molar-refractivity contribution in [1.29, 1.82) is 0 Å². The topological polar surface area (TPSA) is 38.8 Å². The monoisotopic (exact) mass is 433 g/mol. The number of amides is 1. The Balaban J connectivity index is 1.35. The summed E-state index contributed by atoms with van der Waals surface area (Å²) >= 11 is 0. The molecule has 0 aliphatic carbocycles. The molecule has 5 heteroatoms. The summed E-state index contributed by atoms with van der Waals surface area (Å²) in [7, 11) is -0.398. The number of likely N-dealkylation sites (tertiary alicyclic amines) is 1. The van der Waals surface area contributed by atoms with Crippen LogP contribution in [0.1, 0.15) is 70.1 Å². The summed E-state index contributed by atoms with van der Waals surface area (Å²) in [5.41, 5.74) is 4.06. The van der Waals surface area contributed by atoms with E-state index in [9.17, 15) is 4.79 Å². The van der Waals surface area contributed by atoms with Crippen LogP contribution in [-0.4, -0.2) is 42.2 Å². The minimum absolute atomic E-state index is 0.205. The molecule has 0 radical (unpaired) electrons. The lowest BCUT2D eigenvalue weighted by Crippen LogP contribution is -2.41. The van der Waals surface area contributed by atoms with E-state index >= 15 is 0 Å². The van der Waals surface area contributed by atoms with Crippen LogP contribution in [-0.2, 0) is 26.9 Å². The van der Waals surface area contributed by atoms with Gasteiger partial charge in [-0.2, -0.15) is 0 Å². The molecule has 0 saturated carbocycles.